The van der Waals surface area contributed by atoms with Crippen molar-refractivity contribution in [2.45, 2.75) is 103 Å². The van der Waals surface area contributed by atoms with Crippen LogP contribution in [-0.2, 0) is 0 Å². The number of thioether (sulfide) groups is 1. The molecule has 1 aliphatic rings. The Labute approximate surface area is 226 Å². The van der Waals surface area contributed by atoms with Gasteiger partial charge in [0.2, 0.25) is 0 Å². The van der Waals surface area contributed by atoms with Gasteiger partial charge in [0.15, 0.2) is 10.1 Å². The maximum absolute atomic E-state index is 11.8. The lowest BCUT2D eigenvalue weighted by Crippen LogP contribution is -2.28. The van der Waals surface area contributed by atoms with E-state index < -0.39 is 4.92 Å². The molecule has 198 valence electrons. The summed E-state index contributed by atoms with van der Waals surface area (Å²) in [7, 11) is 0. The Bertz CT molecular complexity index is 621. The molecule has 0 aromatic rings. The van der Waals surface area contributed by atoms with E-state index in [1.807, 2.05) is 4.90 Å². The van der Waals surface area contributed by atoms with Crippen molar-refractivity contribution in [3.05, 3.63) is 30.4 Å². The largest absolute Gasteiger partial charge is 0.359 e. The Morgan fingerprint density at radius 1 is 0.853 bits per heavy atom. The van der Waals surface area contributed by atoms with Crippen molar-refractivity contribution in [1.29, 1.82) is 0 Å². The molecule has 0 aliphatic carbocycles. The molecule has 34 heavy (non-hydrogen) atoms. The molecule has 0 radical (unpaired) electrons. The van der Waals surface area contributed by atoms with Gasteiger partial charge < -0.3 is 10.2 Å². The first-order chi connectivity index (χ1) is 16.5. The molecule has 0 amide bonds. The molecule has 1 N–H and O–H groups in total. The van der Waals surface area contributed by atoms with Gasteiger partial charge in [0, 0.05) is 19.6 Å². The van der Waals surface area contributed by atoms with Crippen LogP contribution in [0.5, 0.6) is 0 Å². The Morgan fingerprint density at radius 2 is 1.38 bits per heavy atom. The third-order valence-electron chi connectivity index (χ3n) is 6.12. The van der Waals surface area contributed by atoms with Gasteiger partial charge in [0.25, 0.3) is 0 Å². The fourth-order valence-corrected chi connectivity index (χ4v) is 5.78. The van der Waals surface area contributed by atoms with Gasteiger partial charge in [-0.3, -0.25) is 10.1 Å². The molecule has 1 aliphatic heterocycles. The molecular weight excluding hydrogens is 513 g/mol. The normalized spacial score (nSPS) is 15.1. The highest BCUT2D eigenvalue weighted by molar-refractivity contribution is 8.03. The second-order valence-electron chi connectivity index (χ2n) is 9.02. The summed E-state index contributed by atoms with van der Waals surface area (Å²) in [6.45, 7) is 5.39. The maximum Gasteiger partial charge on any atom is 0.319 e. The van der Waals surface area contributed by atoms with Crippen LogP contribution in [0.2, 0.25) is 0 Å². The smallest absolute Gasteiger partial charge is 0.319 e. The van der Waals surface area contributed by atoms with Crippen molar-refractivity contribution >= 4 is 46.6 Å². The maximum atomic E-state index is 11.8. The van der Waals surface area contributed by atoms with Crippen molar-refractivity contribution in [1.82, 2.24) is 10.2 Å². The molecule has 0 aromatic carbocycles. The fourth-order valence-electron chi connectivity index (χ4n) is 4.17. The predicted molar refractivity (Wildman–Crippen MR) is 150 cm³/mol. The predicted octanol–water partition coefficient (Wildman–Crippen LogP) is 8.83. The Balaban J connectivity index is 2.35. The number of rotatable bonds is 19. The van der Waals surface area contributed by atoms with Crippen LogP contribution < -0.4 is 5.32 Å². The molecule has 0 saturated carbocycles. The summed E-state index contributed by atoms with van der Waals surface area (Å²) < 4.78 is -0.268. The van der Waals surface area contributed by atoms with Crippen molar-refractivity contribution in [3.63, 3.8) is 0 Å². The summed E-state index contributed by atoms with van der Waals surface area (Å²) in [5.41, 5.74) is -0.182. The van der Waals surface area contributed by atoms with Crippen molar-refractivity contribution in [2.75, 3.05) is 31.9 Å². The summed E-state index contributed by atoms with van der Waals surface area (Å²) in [4.78, 5) is 13.4. The zero-order valence-electron chi connectivity index (χ0n) is 20.9. The highest BCUT2D eigenvalue weighted by Gasteiger charge is 2.29. The summed E-state index contributed by atoms with van der Waals surface area (Å²) in [5.74, 6) is 0.818. The highest BCUT2D eigenvalue weighted by atomic mass is 35.5. The Morgan fingerprint density at radius 3 is 1.88 bits per heavy atom. The molecule has 1 heterocycles. The van der Waals surface area contributed by atoms with E-state index >= 15 is 0 Å². The minimum atomic E-state index is -0.459. The lowest BCUT2D eigenvalue weighted by atomic mass is 10.0. The number of halogens is 3. The van der Waals surface area contributed by atoms with E-state index in [0.29, 0.717) is 11.6 Å². The molecule has 0 bridgehead atoms. The molecule has 1 fully saturated rings. The lowest BCUT2D eigenvalue weighted by Gasteiger charge is -2.24. The SMILES string of the molecule is CCCCCCCCCCCCCCCCS/C(=C(/C(Cl)=C(Cl)Cl)[N+](=O)[O-])N1CCCNCC1. The van der Waals surface area contributed by atoms with Crippen molar-refractivity contribution < 1.29 is 4.92 Å². The summed E-state index contributed by atoms with van der Waals surface area (Å²) in [5, 5.41) is 15.6. The van der Waals surface area contributed by atoms with Gasteiger partial charge in [0.05, 0.1) is 4.92 Å². The van der Waals surface area contributed by atoms with E-state index in [-0.39, 0.29) is 15.2 Å². The minimum Gasteiger partial charge on any atom is -0.359 e. The number of unbranched alkanes of at least 4 members (excludes halogenated alkanes) is 13. The quantitative estimate of drug-likeness (QED) is 0.0745. The number of hydrogen-bond acceptors (Lipinski definition) is 5. The zero-order valence-corrected chi connectivity index (χ0v) is 24.0. The number of nitrogens with zero attached hydrogens (tertiary/aromatic N) is 2. The average molecular weight is 557 g/mol. The molecule has 0 spiro atoms. The Hall–Kier alpha value is -0.140. The molecule has 9 heteroatoms. The van der Waals surface area contributed by atoms with Crippen LogP contribution in [0.15, 0.2) is 20.2 Å². The standard InChI is InChI=1S/C25H44Cl3N3O2S/c1-2-3-4-5-6-7-8-9-10-11-12-13-14-15-21-34-25(30-19-16-17-29-18-20-30)23(31(32)33)22(26)24(27)28/h29H,2-21H2,1H3/b25-23-. The molecule has 0 unspecified atom stereocenters. The summed E-state index contributed by atoms with van der Waals surface area (Å²) in [6.07, 6.45) is 19.3. The first kappa shape index (κ1) is 31.9. The first-order valence-corrected chi connectivity index (χ1v) is 15.3. The van der Waals surface area contributed by atoms with E-state index in [4.69, 9.17) is 34.8 Å². The second kappa shape index (κ2) is 21.0. The van der Waals surface area contributed by atoms with Crippen LogP contribution in [0.3, 0.4) is 0 Å². The average Bonchev–Trinajstić information content (AvgIpc) is 3.09. The number of nitro groups is 1. The zero-order chi connectivity index (χ0) is 25.0. The molecular formula is C25H44Cl3N3O2S. The van der Waals surface area contributed by atoms with Gasteiger partial charge >= 0.3 is 5.70 Å². The van der Waals surface area contributed by atoms with Crippen LogP contribution in [0.4, 0.5) is 0 Å². The summed E-state index contributed by atoms with van der Waals surface area (Å²) in [6, 6.07) is 0. The van der Waals surface area contributed by atoms with Gasteiger partial charge in [-0.05, 0) is 25.1 Å². The van der Waals surface area contributed by atoms with Crippen LogP contribution in [0.25, 0.3) is 0 Å². The van der Waals surface area contributed by atoms with E-state index in [1.54, 1.807) is 0 Å². The van der Waals surface area contributed by atoms with E-state index in [2.05, 4.69) is 12.2 Å². The molecule has 0 atom stereocenters. The van der Waals surface area contributed by atoms with Crippen molar-refractivity contribution in [3.8, 4) is 0 Å². The minimum absolute atomic E-state index is 0.182. The number of allylic oxidation sites excluding steroid dienone is 1. The third-order valence-corrected chi connectivity index (χ3v) is 8.28. The molecule has 5 nitrogen and oxygen atoms in total. The van der Waals surface area contributed by atoms with Crippen LogP contribution in [0.1, 0.15) is 103 Å². The monoisotopic (exact) mass is 555 g/mol. The van der Waals surface area contributed by atoms with E-state index in [0.717, 1.165) is 44.6 Å². The molecule has 0 aromatic heterocycles. The van der Waals surface area contributed by atoms with Crippen LogP contribution in [-0.4, -0.2) is 41.8 Å². The highest BCUT2D eigenvalue weighted by Crippen LogP contribution is 2.34. The van der Waals surface area contributed by atoms with Gasteiger partial charge in [-0.1, -0.05) is 125 Å². The van der Waals surface area contributed by atoms with Crippen LogP contribution in [0, 0.1) is 10.1 Å². The Kier molecular flexibility index (Phi) is 19.7. The second-order valence-corrected chi connectivity index (χ2v) is 11.4. The molecule has 1 saturated heterocycles. The molecule has 1 rings (SSSR count). The fraction of sp³-hybridized carbons (Fsp3) is 0.840. The van der Waals surface area contributed by atoms with Gasteiger partial charge in [-0.15, -0.1) is 11.8 Å². The van der Waals surface area contributed by atoms with Crippen LogP contribution >= 0.6 is 46.6 Å². The summed E-state index contributed by atoms with van der Waals surface area (Å²) >= 11 is 19.3. The lowest BCUT2D eigenvalue weighted by molar-refractivity contribution is -0.421. The topological polar surface area (TPSA) is 58.4 Å². The van der Waals surface area contributed by atoms with Gasteiger partial charge in [0.1, 0.15) is 4.49 Å². The van der Waals surface area contributed by atoms with Gasteiger partial charge in [-0.2, -0.15) is 0 Å². The van der Waals surface area contributed by atoms with E-state index in [9.17, 15) is 10.1 Å². The third kappa shape index (κ3) is 14.4. The van der Waals surface area contributed by atoms with E-state index in [1.165, 1.54) is 88.8 Å². The number of hydrogen-bond donors (Lipinski definition) is 1. The van der Waals surface area contributed by atoms with Crippen molar-refractivity contribution in [2.24, 2.45) is 0 Å². The first-order valence-electron chi connectivity index (χ1n) is 13.2. The number of nitrogens with one attached hydrogen (secondary N) is 1. The van der Waals surface area contributed by atoms with Gasteiger partial charge in [-0.25, -0.2) is 0 Å².